The number of pyridine rings is 1. The second kappa shape index (κ2) is 11.2. The summed E-state index contributed by atoms with van der Waals surface area (Å²) in [7, 11) is 0. The molecule has 0 amide bonds. The molecule has 51 heavy (non-hydrogen) atoms. The Kier molecular flexibility index (Phi) is 6.27. The number of benzene rings is 7. The third-order valence-corrected chi connectivity index (χ3v) is 12.6. The van der Waals surface area contributed by atoms with Gasteiger partial charge in [-0.2, -0.15) is 0 Å². The van der Waals surface area contributed by atoms with E-state index in [1.807, 2.05) is 12.1 Å². The Morgan fingerprint density at radius 2 is 0.961 bits per heavy atom. The van der Waals surface area contributed by atoms with E-state index in [4.69, 9.17) is 9.40 Å². The van der Waals surface area contributed by atoms with Crippen molar-refractivity contribution in [1.29, 1.82) is 0 Å². The zero-order valence-electron chi connectivity index (χ0n) is 27.4. The molecule has 7 aromatic carbocycles. The van der Waals surface area contributed by atoms with Crippen molar-refractivity contribution in [3.8, 4) is 39.3 Å². The van der Waals surface area contributed by atoms with Crippen LogP contribution >= 0.6 is 0 Å². The summed E-state index contributed by atoms with van der Waals surface area (Å²) in [5, 5.41) is 7.44. The van der Waals surface area contributed by atoms with Crippen LogP contribution in [0.1, 0.15) is 0 Å². The SMILES string of the molecule is c1ccc(-n2c3ccccc3c3cc(-c4ccc5[se]c6ccc(-c7cccc(-c8ccc9oc%10ccccc%10c9c8)n7)cc6c5c4)ccc32)cc1. The zero-order valence-corrected chi connectivity index (χ0v) is 29.1. The molecule has 4 heterocycles. The van der Waals surface area contributed by atoms with E-state index < -0.39 is 0 Å². The topological polar surface area (TPSA) is 31.0 Å². The standard InChI is InChI=1S/C47H28N2OSe/c1-2-9-33(10-3-1)49-42-15-6-4-11-34(42)36-25-29(17-21-43(36)49)30-19-23-46-38(26-30)39-28-32(20-24-47(39)51-46)41-14-8-13-40(48-41)31-18-22-45-37(27-31)35-12-5-7-16-44(35)50-45/h1-28H. The van der Waals surface area contributed by atoms with Crippen molar-refractivity contribution in [3.05, 3.63) is 170 Å². The van der Waals surface area contributed by atoms with Crippen LogP contribution in [0.15, 0.2) is 174 Å². The van der Waals surface area contributed by atoms with Gasteiger partial charge in [0, 0.05) is 0 Å². The van der Waals surface area contributed by atoms with E-state index >= 15 is 0 Å². The fraction of sp³-hybridized carbons (Fsp3) is 0. The third-order valence-electron chi connectivity index (χ3n) is 10.2. The molecular formula is C47H28N2OSe. The van der Waals surface area contributed by atoms with E-state index in [-0.39, 0.29) is 14.5 Å². The number of hydrogen-bond acceptors (Lipinski definition) is 2. The van der Waals surface area contributed by atoms with Crippen molar-refractivity contribution >= 4 is 77.5 Å². The molecule has 0 unspecified atom stereocenters. The summed E-state index contributed by atoms with van der Waals surface area (Å²) in [4.78, 5) is 5.18. The first kappa shape index (κ1) is 28.6. The van der Waals surface area contributed by atoms with Crippen LogP contribution in [0.3, 0.4) is 0 Å². The van der Waals surface area contributed by atoms with Gasteiger partial charge in [-0.25, -0.2) is 0 Å². The van der Waals surface area contributed by atoms with E-state index in [0.717, 1.165) is 44.5 Å². The Labute approximate surface area is 299 Å². The molecule has 0 aliphatic rings. The maximum atomic E-state index is 6.08. The predicted molar refractivity (Wildman–Crippen MR) is 214 cm³/mol. The van der Waals surface area contributed by atoms with Crippen LogP contribution < -0.4 is 0 Å². The number of aromatic nitrogens is 2. The van der Waals surface area contributed by atoms with Gasteiger partial charge in [-0.1, -0.05) is 18.2 Å². The molecule has 11 rings (SSSR count). The van der Waals surface area contributed by atoms with E-state index in [0.29, 0.717) is 0 Å². The van der Waals surface area contributed by atoms with Crippen LogP contribution in [0.25, 0.3) is 102 Å². The van der Waals surface area contributed by atoms with Crippen LogP contribution in [0.5, 0.6) is 0 Å². The monoisotopic (exact) mass is 716 g/mol. The van der Waals surface area contributed by atoms with Crippen molar-refractivity contribution in [1.82, 2.24) is 9.55 Å². The molecule has 4 aromatic heterocycles. The summed E-state index contributed by atoms with van der Waals surface area (Å²) < 4.78 is 11.3. The van der Waals surface area contributed by atoms with Gasteiger partial charge >= 0.3 is 276 Å². The van der Waals surface area contributed by atoms with Gasteiger partial charge in [0.1, 0.15) is 0 Å². The fourth-order valence-electron chi connectivity index (χ4n) is 7.77. The molecule has 0 atom stereocenters. The third kappa shape index (κ3) is 4.54. The summed E-state index contributed by atoms with van der Waals surface area (Å²) in [6, 6.07) is 61.2. The zero-order chi connectivity index (χ0) is 33.5. The van der Waals surface area contributed by atoms with Crippen molar-refractivity contribution < 1.29 is 4.42 Å². The van der Waals surface area contributed by atoms with Crippen molar-refractivity contribution in [2.45, 2.75) is 0 Å². The first-order valence-electron chi connectivity index (χ1n) is 17.2. The fourth-order valence-corrected chi connectivity index (χ4v) is 10.0. The van der Waals surface area contributed by atoms with Gasteiger partial charge in [0.15, 0.2) is 0 Å². The molecule has 0 spiro atoms. The van der Waals surface area contributed by atoms with Crippen molar-refractivity contribution in [3.63, 3.8) is 0 Å². The van der Waals surface area contributed by atoms with Gasteiger partial charge in [0.2, 0.25) is 0 Å². The molecule has 11 aromatic rings. The molecule has 3 nitrogen and oxygen atoms in total. The molecule has 0 aliphatic carbocycles. The summed E-state index contributed by atoms with van der Waals surface area (Å²) >= 11 is 0.271. The molecule has 0 N–H and O–H groups in total. The van der Waals surface area contributed by atoms with Crippen LogP contribution in [-0.4, -0.2) is 24.1 Å². The number of nitrogens with zero attached hydrogens (tertiary/aromatic N) is 2. The number of rotatable bonds is 4. The summed E-state index contributed by atoms with van der Waals surface area (Å²) in [6.45, 7) is 0. The van der Waals surface area contributed by atoms with E-state index in [1.165, 1.54) is 57.9 Å². The predicted octanol–water partition coefficient (Wildman–Crippen LogP) is 12.4. The Morgan fingerprint density at radius 1 is 0.392 bits per heavy atom. The summed E-state index contributed by atoms with van der Waals surface area (Å²) in [6.07, 6.45) is 0. The van der Waals surface area contributed by atoms with Gasteiger partial charge in [0.25, 0.3) is 0 Å². The summed E-state index contributed by atoms with van der Waals surface area (Å²) in [5.74, 6) is 0. The second-order valence-electron chi connectivity index (χ2n) is 13.2. The molecule has 238 valence electrons. The Morgan fingerprint density at radius 3 is 1.76 bits per heavy atom. The molecule has 0 bridgehead atoms. The van der Waals surface area contributed by atoms with E-state index in [1.54, 1.807) is 0 Å². The Bertz CT molecular complexity index is 3150. The maximum absolute atomic E-state index is 6.08. The van der Waals surface area contributed by atoms with Crippen molar-refractivity contribution in [2.24, 2.45) is 0 Å². The first-order valence-corrected chi connectivity index (χ1v) is 18.9. The molecule has 0 radical (unpaired) electrons. The minimum absolute atomic E-state index is 0.271. The Balaban J connectivity index is 1.00. The first-order chi connectivity index (χ1) is 25.2. The van der Waals surface area contributed by atoms with Gasteiger partial charge < -0.3 is 0 Å². The van der Waals surface area contributed by atoms with Crippen LogP contribution in [0.2, 0.25) is 0 Å². The quantitative estimate of drug-likeness (QED) is 0.170. The number of para-hydroxylation sites is 3. The molecule has 4 heteroatoms. The molecule has 0 saturated carbocycles. The van der Waals surface area contributed by atoms with Crippen LogP contribution in [0, 0.1) is 0 Å². The van der Waals surface area contributed by atoms with Crippen LogP contribution in [0.4, 0.5) is 0 Å². The van der Waals surface area contributed by atoms with E-state index in [2.05, 4.69) is 162 Å². The molecule has 0 fully saturated rings. The average molecular weight is 716 g/mol. The van der Waals surface area contributed by atoms with Gasteiger partial charge in [-0.05, 0) is 6.07 Å². The number of hydrogen-bond donors (Lipinski definition) is 0. The molecular weight excluding hydrogens is 687 g/mol. The molecule has 0 aliphatic heterocycles. The number of fused-ring (bicyclic) bond motifs is 9. The van der Waals surface area contributed by atoms with Crippen LogP contribution in [-0.2, 0) is 0 Å². The summed E-state index contributed by atoms with van der Waals surface area (Å²) in [5.41, 5.74) is 12.0. The second-order valence-corrected chi connectivity index (χ2v) is 15.4. The normalized spacial score (nSPS) is 11.9. The van der Waals surface area contributed by atoms with Gasteiger partial charge in [0.05, 0.1) is 0 Å². The average Bonchev–Trinajstić information content (AvgIpc) is 3.86. The number of furan rings is 1. The van der Waals surface area contributed by atoms with Gasteiger partial charge in [-0.15, -0.1) is 0 Å². The Hall–Kier alpha value is -6.19. The molecule has 0 saturated heterocycles. The minimum atomic E-state index is 0.271. The van der Waals surface area contributed by atoms with Gasteiger partial charge in [-0.3, -0.25) is 0 Å². The van der Waals surface area contributed by atoms with Crippen molar-refractivity contribution in [2.75, 3.05) is 0 Å². The van der Waals surface area contributed by atoms with E-state index in [9.17, 15) is 0 Å².